The Morgan fingerprint density at radius 3 is 2.71 bits per heavy atom. The normalized spacial score (nSPS) is 11.4. The summed E-state index contributed by atoms with van der Waals surface area (Å²) >= 11 is 6.11. The lowest BCUT2D eigenvalue weighted by Gasteiger charge is -2.13. The maximum absolute atomic E-state index is 14.5. The van der Waals surface area contributed by atoms with E-state index in [-0.39, 0.29) is 5.82 Å². The van der Waals surface area contributed by atoms with Gasteiger partial charge in [-0.15, -0.1) is 0 Å². The number of hydrogen-bond acceptors (Lipinski definition) is 3. The molecule has 5 rings (SSSR count). The van der Waals surface area contributed by atoms with Crippen molar-refractivity contribution in [3.8, 4) is 16.9 Å². The molecule has 0 saturated heterocycles. The van der Waals surface area contributed by atoms with Crippen LogP contribution in [0.3, 0.4) is 0 Å². The fourth-order valence-corrected chi connectivity index (χ4v) is 3.70. The molecule has 0 radical (unpaired) electrons. The second-order valence-electron chi connectivity index (χ2n) is 6.53. The Hall–Kier alpha value is -3.31. The average molecular weight is 389 g/mol. The van der Waals surface area contributed by atoms with Crippen LogP contribution in [-0.2, 0) is 0 Å². The summed E-state index contributed by atoms with van der Waals surface area (Å²) in [6.07, 6.45) is 3.47. The SMILES string of the molecule is Cc1nc2cnccc2n1-c1cc(-c2cc(Cl)ccc2F)nc2ccccc12. The number of imidazole rings is 1. The molecule has 0 bridgehead atoms. The molecule has 0 N–H and O–H groups in total. The van der Waals surface area contributed by atoms with Crippen molar-refractivity contribution >= 4 is 33.5 Å². The van der Waals surface area contributed by atoms with Crippen LogP contribution in [0.25, 0.3) is 38.9 Å². The summed E-state index contributed by atoms with van der Waals surface area (Å²) in [6, 6.07) is 16.1. The van der Waals surface area contributed by atoms with Gasteiger partial charge in [0.25, 0.3) is 0 Å². The van der Waals surface area contributed by atoms with E-state index in [0.29, 0.717) is 16.3 Å². The minimum Gasteiger partial charge on any atom is -0.296 e. The van der Waals surface area contributed by atoms with Gasteiger partial charge in [-0.25, -0.2) is 14.4 Å². The fraction of sp³-hybridized carbons (Fsp3) is 0.0455. The molecule has 0 aliphatic carbocycles. The summed E-state index contributed by atoms with van der Waals surface area (Å²) in [6.45, 7) is 1.94. The van der Waals surface area contributed by atoms with Crippen LogP contribution in [-0.4, -0.2) is 19.5 Å². The van der Waals surface area contributed by atoms with Crippen molar-refractivity contribution in [2.45, 2.75) is 6.92 Å². The molecule has 2 aromatic carbocycles. The Bertz CT molecular complexity index is 1360. The molecule has 0 aliphatic heterocycles. The number of benzene rings is 2. The van der Waals surface area contributed by atoms with Gasteiger partial charge in [0.05, 0.1) is 28.6 Å². The minimum atomic E-state index is -0.366. The van der Waals surface area contributed by atoms with Gasteiger partial charge in [0.2, 0.25) is 0 Å². The van der Waals surface area contributed by atoms with Crippen LogP contribution in [0.5, 0.6) is 0 Å². The lowest BCUT2D eigenvalue weighted by atomic mass is 10.1. The summed E-state index contributed by atoms with van der Waals surface area (Å²) in [5.41, 5.74) is 4.26. The maximum atomic E-state index is 14.5. The third kappa shape index (κ3) is 2.63. The Balaban J connectivity index is 1.88. The van der Waals surface area contributed by atoms with E-state index in [2.05, 4.69) is 15.0 Å². The third-order valence-electron chi connectivity index (χ3n) is 4.76. The van der Waals surface area contributed by atoms with E-state index in [0.717, 1.165) is 33.4 Å². The van der Waals surface area contributed by atoms with Crippen molar-refractivity contribution in [1.29, 1.82) is 0 Å². The molecule has 0 aliphatic rings. The number of rotatable bonds is 2. The first-order chi connectivity index (χ1) is 13.6. The van der Waals surface area contributed by atoms with Crippen LogP contribution < -0.4 is 0 Å². The third-order valence-corrected chi connectivity index (χ3v) is 5.00. The molecule has 0 unspecified atom stereocenters. The number of para-hydroxylation sites is 1. The molecule has 28 heavy (non-hydrogen) atoms. The minimum absolute atomic E-state index is 0.364. The standard InChI is InChI=1S/C22H14ClFN4/c1-13-26-20-12-25-9-8-21(20)28(13)22-11-19(16-10-14(23)6-7-17(16)24)27-18-5-3-2-4-15(18)22/h2-12H,1H3. The summed E-state index contributed by atoms with van der Waals surface area (Å²) in [7, 11) is 0. The van der Waals surface area contributed by atoms with Crippen molar-refractivity contribution in [3.63, 3.8) is 0 Å². The summed E-state index contributed by atoms with van der Waals surface area (Å²) in [4.78, 5) is 13.5. The Morgan fingerprint density at radius 1 is 0.964 bits per heavy atom. The van der Waals surface area contributed by atoms with Crippen LogP contribution in [0, 0.1) is 12.7 Å². The maximum Gasteiger partial charge on any atom is 0.132 e. The van der Waals surface area contributed by atoms with E-state index in [4.69, 9.17) is 11.6 Å². The highest BCUT2D eigenvalue weighted by Crippen LogP contribution is 2.32. The molecular weight excluding hydrogens is 375 g/mol. The van der Waals surface area contributed by atoms with E-state index in [1.807, 2.05) is 47.9 Å². The molecule has 0 atom stereocenters. The largest absolute Gasteiger partial charge is 0.296 e. The molecule has 0 fully saturated rings. The number of aromatic nitrogens is 4. The second kappa shape index (κ2) is 6.39. The highest BCUT2D eigenvalue weighted by molar-refractivity contribution is 6.30. The fourth-order valence-electron chi connectivity index (χ4n) is 3.53. The molecule has 6 heteroatoms. The molecule has 0 spiro atoms. The number of fused-ring (bicyclic) bond motifs is 2. The van der Waals surface area contributed by atoms with Crippen molar-refractivity contribution in [2.24, 2.45) is 0 Å². The topological polar surface area (TPSA) is 43.6 Å². The highest BCUT2D eigenvalue weighted by atomic mass is 35.5. The van der Waals surface area contributed by atoms with Crippen LogP contribution in [0.1, 0.15) is 5.82 Å². The number of halogens is 2. The zero-order valence-electron chi connectivity index (χ0n) is 14.9. The van der Waals surface area contributed by atoms with Crippen LogP contribution in [0.2, 0.25) is 5.02 Å². The predicted molar refractivity (Wildman–Crippen MR) is 109 cm³/mol. The lowest BCUT2D eigenvalue weighted by Crippen LogP contribution is -2.01. The van der Waals surface area contributed by atoms with Crippen LogP contribution in [0.4, 0.5) is 4.39 Å². The molecule has 4 nitrogen and oxygen atoms in total. The van der Waals surface area contributed by atoms with Crippen LogP contribution >= 0.6 is 11.6 Å². The van der Waals surface area contributed by atoms with Gasteiger partial charge in [0, 0.05) is 22.2 Å². The van der Waals surface area contributed by atoms with Gasteiger partial charge in [-0.2, -0.15) is 0 Å². The molecule has 5 aromatic rings. The quantitative estimate of drug-likeness (QED) is 0.387. The zero-order chi connectivity index (χ0) is 19.3. The number of hydrogen-bond donors (Lipinski definition) is 0. The Labute approximate surface area is 165 Å². The van der Waals surface area contributed by atoms with Gasteiger partial charge in [-0.3, -0.25) is 9.55 Å². The molecule has 3 heterocycles. The van der Waals surface area contributed by atoms with E-state index in [1.54, 1.807) is 18.5 Å². The van der Waals surface area contributed by atoms with Crippen molar-refractivity contribution < 1.29 is 4.39 Å². The van der Waals surface area contributed by atoms with Crippen molar-refractivity contribution in [3.05, 3.63) is 83.7 Å². The van der Waals surface area contributed by atoms with Gasteiger partial charge in [0.15, 0.2) is 0 Å². The monoisotopic (exact) mass is 388 g/mol. The average Bonchev–Trinajstić information content (AvgIpc) is 3.04. The highest BCUT2D eigenvalue weighted by Gasteiger charge is 2.16. The van der Waals surface area contributed by atoms with Gasteiger partial charge < -0.3 is 0 Å². The van der Waals surface area contributed by atoms with Crippen molar-refractivity contribution in [1.82, 2.24) is 19.5 Å². The zero-order valence-corrected chi connectivity index (χ0v) is 15.7. The molecule has 136 valence electrons. The van der Waals surface area contributed by atoms with E-state index in [1.165, 1.54) is 12.1 Å². The molecule has 0 saturated carbocycles. The smallest absolute Gasteiger partial charge is 0.132 e. The Morgan fingerprint density at radius 2 is 1.82 bits per heavy atom. The van der Waals surface area contributed by atoms with E-state index < -0.39 is 0 Å². The number of nitrogens with zero attached hydrogens (tertiary/aromatic N) is 4. The first-order valence-electron chi connectivity index (χ1n) is 8.76. The summed E-state index contributed by atoms with van der Waals surface area (Å²) < 4.78 is 16.6. The second-order valence-corrected chi connectivity index (χ2v) is 6.96. The summed E-state index contributed by atoms with van der Waals surface area (Å²) in [5.74, 6) is 0.450. The first kappa shape index (κ1) is 16.8. The Kier molecular flexibility index (Phi) is 3.84. The van der Waals surface area contributed by atoms with Gasteiger partial charge in [-0.05, 0) is 43.3 Å². The van der Waals surface area contributed by atoms with E-state index >= 15 is 0 Å². The molecule has 3 aromatic heterocycles. The molecular formula is C22H14ClFN4. The van der Waals surface area contributed by atoms with Crippen molar-refractivity contribution in [2.75, 3.05) is 0 Å². The van der Waals surface area contributed by atoms with Gasteiger partial charge >= 0.3 is 0 Å². The van der Waals surface area contributed by atoms with Gasteiger partial charge in [0.1, 0.15) is 17.2 Å². The first-order valence-corrected chi connectivity index (χ1v) is 9.14. The summed E-state index contributed by atoms with van der Waals surface area (Å²) in [5, 5.41) is 1.41. The predicted octanol–water partition coefficient (Wildman–Crippen LogP) is 5.74. The van der Waals surface area contributed by atoms with E-state index in [9.17, 15) is 4.39 Å². The van der Waals surface area contributed by atoms with Crippen LogP contribution in [0.15, 0.2) is 67.0 Å². The van der Waals surface area contributed by atoms with Gasteiger partial charge in [-0.1, -0.05) is 29.8 Å². The molecule has 0 amide bonds. The number of aryl methyl sites for hydroxylation is 1. The number of pyridine rings is 2. The lowest BCUT2D eigenvalue weighted by molar-refractivity contribution is 0.631.